The average molecular weight is 298 g/mol. The molecule has 6 N–H and O–H groups in total. The summed E-state index contributed by atoms with van der Waals surface area (Å²) in [5.74, 6) is -1.74. The van der Waals surface area contributed by atoms with Crippen molar-refractivity contribution >= 4 is 11.9 Å². The van der Waals surface area contributed by atoms with Crippen molar-refractivity contribution in [3.8, 4) is 0 Å². The molecule has 122 valence electrons. The van der Waals surface area contributed by atoms with Crippen molar-refractivity contribution < 1.29 is 40.2 Å². The zero-order valence-corrected chi connectivity index (χ0v) is 11.6. The Hall–Kier alpha value is -1.22. The van der Waals surface area contributed by atoms with Gasteiger partial charge < -0.3 is 30.6 Å². The molecule has 0 atom stereocenters. The van der Waals surface area contributed by atoms with Crippen molar-refractivity contribution in [2.45, 2.75) is 38.5 Å². The molecule has 0 unspecified atom stereocenters. The number of carboxylic acid groups (broad SMARTS) is 2. The maximum Gasteiger partial charge on any atom is 0.303 e. The average Bonchev–Trinajstić information content (AvgIpc) is 2.42. The number of carboxylic acids is 2. The van der Waals surface area contributed by atoms with Crippen LogP contribution in [0.1, 0.15) is 38.5 Å². The first-order chi connectivity index (χ1) is 9.45. The van der Waals surface area contributed by atoms with E-state index in [1.54, 1.807) is 0 Å². The van der Waals surface area contributed by atoms with Gasteiger partial charge >= 0.3 is 11.9 Å². The maximum absolute atomic E-state index is 9.90. The first-order valence-electron chi connectivity index (χ1n) is 6.33. The van der Waals surface area contributed by atoms with Gasteiger partial charge in [-0.15, -0.1) is 0 Å². The second-order valence-electron chi connectivity index (χ2n) is 3.60. The summed E-state index contributed by atoms with van der Waals surface area (Å²) in [6.07, 6.45) is 2.46. The Kier molecular flexibility index (Phi) is 27.3. The van der Waals surface area contributed by atoms with E-state index in [-0.39, 0.29) is 39.3 Å². The highest BCUT2D eigenvalue weighted by Gasteiger charge is 1.99. The van der Waals surface area contributed by atoms with E-state index < -0.39 is 11.9 Å². The molecule has 20 heavy (non-hydrogen) atoms. The molecule has 0 spiro atoms. The standard InChI is InChI=1S/C6H10O4.C4H10O2.C2H6O2/c7-5(8)3-1-2-4-6(9)10;5-3-1-2-4-6;3-1-2-4/h1-4H2,(H,7,8)(H,9,10);5-6H,1-4H2;3-4H,1-2H2. The number of aliphatic carboxylic acids is 2. The SMILES string of the molecule is O=C(O)CCCCC(=O)O.OCCCCO.OCCO. The summed E-state index contributed by atoms with van der Waals surface area (Å²) in [6, 6.07) is 0. The largest absolute Gasteiger partial charge is 0.481 e. The lowest BCUT2D eigenvalue weighted by atomic mass is 10.2. The van der Waals surface area contributed by atoms with Gasteiger partial charge in [-0.2, -0.15) is 0 Å². The molecule has 0 aliphatic carbocycles. The van der Waals surface area contributed by atoms with Crippen LogP contribution < -0.4 is 0 Å². The van der Waals surface area contributed by atoms with Gasteiger partial charge in [0.25, 0.3) is 0 Å². The van der Waals surface area contributed by atoms with E-state index in [1.807, 2.05) is 0 Å². The molecule has 0 aliphatic rings. The van der Waals surface area contributed by atoms with E-state index in [2.05, 4.69) is 0 Å². The molecular weight excluding hydrogens is 272 g/mol. The number of aliphatic hydroxyl groups excluding tert-OH is 4. The number of unbranched alkanes of at least 4 members (excludes halogenated alkanes) is 2. The van der Waals surface area contributed by atoms with Crippen LogP contribution in [-0.4, -0.2) is 69.0 Å². The van der Waals surface area contributed by atoms with Gasteiger partial charge in [-0.05, 0) is 25.7 Å². The molecule has 0 amide bonds. The van der Waals surface area contributed by atoms with Crippen molar-refractivity contribution in [2.75, 3.05) is 26.4 Å². The molecule has 8 nitrogen and oxygen atoms in total. The van der Waals surface area contributed by atoms with E-state index >= 15 is 0 Å². The Morgan fingerprint density at radius 1 is 0.550 bits per heavy atom. The first-order valence-corrected chi connectivity index (χ1v) is 6.33. The van der Waals surface area contributed by atoms with Crippen LogP contribution in [0.15, 0.2) is 0 Å². The van der Waals surface area contributed by atoms with Gasteiger partial charge in [-0.3, -0.25) is 9.59 Å². The number of carbonyl (C=O) groups is 2. The highest BCUT2D eigenvalue weighted by atomic mass is 16.4. The topological polar surface area (TPSA) is 156 Å². The van der Waals surface area contributed by atoms with Gasteiger partial charge in [0, 0.05) is 26.1 Å². The summed E-state index contributed by atoms with van der Waals surface area (Å²) >= 11 is 0. The van der Waals surface area contributed by atoms with Crippen LogP contribution in [-0.2, 0) is 9.59 Å². The molecular formula is C12H26O8. The first kappa shape index (κ1) is 23.8. The van der Waals surface area contributed by atoms with Gasteiger partial charge in [-0.1, -0.05) is 0 Å². The third kappa shape index (κ3) is 43.7. The minimum Gasteiger partial charge on any atom is -0.481 e. The van der Waals surface area contributed by atoms with Crippen molar-refractivity contribution in [3.63, 3.8) is 0 Å². The van der Waals surface area contributed by atoms with Crippen molar-refractivity contribution in [3.05, 3.63) is 0 Å². The van der Waals surface area contributed by atoms with Crippen LogP contribution in [0, 0.1) is 0 Å². The smallest absolute Gasteiger partial charge is 0.303 e. The highest BCUT2D eigenvalue weighted by molar-refractivity contribution is 5.67. The lowest BCUT2D eigenvalue weighted by molar-refractivity contribution is -0.139. The molecule has 0 aromatic heterocycles. The summed E-state index contributed by atoms with van der Waals surface area (Å²) in [5, 5.41) is 47.7. The molecule has 0 bridgehead atoms. The molecule has 8 heteroatoms. The van der Waals surface area contributed by atoms with E-state index in [0.29, 0.717) is 12.8 Å². The van der Waals surface area contributed by atoms with Gasteiger partial charge in [0.05, 0.1) is 13.2 Å². The minimum absolute atomic E-state index is 0.0628. The molecule has 0 rings (SSSR count). The molecule has 0 radical (unpaired) electrons. The van der Waals surface area contributed by atoms with E-state index in [1.165, 1.54) is 0 Å². The van der Waals surface area contributed by atoms with Gasteiger partial charge in [-0.25, -0.2) is 0 Å². The predicted octanol–water partition coefficient (Wildman–Crippen LogP) is -0.562. The second kappa shape index (κ2) is 22.9. The fourth-order valence-electron chi connectivity index (χ4n) is 0.776. The van der Waals surface area contributed by atoms with Crippen LogP contribution >= 0.6 is 0 Å². The Labute approximate surface area is 118 Å². The molecule has 0 aromatic rings. The Morgan fingerprint density at radius 2 is 0.850 bits per heavy atom. The Morgan fingerprint density at radius 3 is 1.00 bits per heavy atom. The summed E-state index contributed by atoms with van der Waals surface area (Å²) in [4.78, 5) is 19.8. The van der Waals surface area contributed by atoms with Gasteiger partial charge in [0.1, 0.15) is 0 Å². The van der Waals surface area contributed by atoms with Crippen LogP contribution in [0.25, 0.3) is 0 Å². The van der Waals surface area contributed by atoms with Crippen LogP contribution in [0.4, 0.5) is 0 Å². The second-order valence-corrected chi connectivity index (χ2v) is 3.60. The van der Waals surface area contributed by atoms with Crippen LogP contribution in [0.2, 0.25) is 0 Å². The molecule has 0 aliphatic heterocycles. The number of aliphatic hydroxyl groups is 4. The Bertz CT molecular complexity index is 186. The zero-order chi connectivity index (χ0) is 16.2. The van der Waals surface area contributed by atoms with Gasteiger partial charge in [0.15, 0.2) is 0 Å². The minimum atomic E-state index is -0.870. The van der Waals surface area contributed by atoms with Crippen molar-refractivity contribution in [1.29, 1.82) is 0 Å². The predicted molar refractivity (Wildman–Crippen MR) is 71.3 cm³/mol. The highest BCUT2D eigenvalue weighted by Crippen LogP contribution is 1.98. The summed E-state index contributed by atoms with van der Waals surface area (Å²) in [7, 11) is 0. The number of hydrogen-bond acceptors (Lipinski definition) is 6. The molecule has 0 fully saturated rings. The van der Waals surface area contributed by atoms with E-state index in [0.717, 1.165) is 12.8 Å². The fourth-order valence-corrected chi connectivity index (χ4v) is 0.776. The van der Waals surface area contributed by atoms with Crippen molar-refractivity contribution in [2.24, 2.45) is 0 Å². The lowest BCUT2D eigenvalue weighted by Gasteiger charge is -1.92. The zero-order valence-electron chi connectivity index (χ0n) is 11.6. The maximum atomic E-state index is 9.90. The third-order valence-electron chi connectivity index (χ3n) is 1.70. The summed E-state index contributed by atoms with van der Waals surface area (Å²) in [6.45, 7) is 0.140. The van der Waals surface area contributed by atoms with E-state index in [4.69, 9.17) is 30.6 Å². The fraction of sp³-hybridized carbons (Fsp3) is 0.833. The number of rotatable bonds is 9. The monoisotopic (exact) mass is 298 g/mol. The normalized spacial score (nSPS) is 8.80. The summed E-state index contributed by atoms with van der Waals surface area (Å²) in [5.41, 5.74) is 0. The molecule has 0 saturated carbocycles. The molecule has 0 heterocycles. The van der Waals surface area contributed by atoms with E-state index in [9.17, 15) is 9.59 Å². The summed E-state index contributed by atoms with van der Waals surface area (Å²) < 4.78 is 0. The Balaban J connectivity index is -0.000000246. The third-order valence-corrected chi connectivity index (χ3v) is 1.70. The molecule has 0 saturated heterocycles. The quantitative estimate of drug-likeness (QED) is 0.309. The van der Waals surface area contributed by atoms with Crippen LogP contribution in [0.3, 0.4) is 0 Å². The number of hydrogen-bond donors (Lipinski definition) is 6. The van der Waals surface area contributed by atoms with Crippen LogP contribution in [0.5, 0.6) is 0 Å². The van der Waals surface area contributed by atoms with Crippen molar-refractivity contribution in [1.82, 2.24) is 0 Å². The molecule has 0 aromatic carbocycles. The lowest BCUT2D eigenvalue weighted by Crippen LogP contribution is -1.97. The van der Waals surface area contributed by atoms with Gasteiger partial charge in [0.2, 0.25) is 0 Å².